The molecule has 1 aliphatic heterocycles. The topological polar surface area (TPSA) is 15.3 Å². The third-order valence-corrected chi connectivity index (χ3v) is 4.24. The highest BCUT2D eigenvalue weighted by molar-refractivity contribution is 9.10. The number of hydrogen-bond donors (Lipinski definition) is 1. The van der Waals surface area contributed by atoms with Crippen LogP contribution < -0.4 is 10.2 Å². The Kier molecular flexibility index (Phi) is 3.14. The van der Waals surface area contributed by atoms with Crippen molar-refractivity contribution in [3.8, 4) is 0 Å². The molecule has 0 radical (unpaired) electrons. The molecule has 2 fully saturated rings. The number of benzene rings is 1. The van der Waals surface area contributed by atoms with Crippen LogP contribution >= 0.6 is 15.9 Å². The Hall–Kier alpha value is -0.540. The number of rotatable bonds is 3. The summed E-state index contributed by atoms with van der Waals surface area (Å²) < 4.78 is 1.18. The molecule has 1 atom stereocenters. The number of hydrogen-bond acceptors (Lipinski definition) is 2. The second-order valence-electron chi connectivity index (χ2n) is 5.30. The van der Waals surface area contributed by atoms with E-state index in [1.165, 1.54) is 41.5 Å². The Labute approximate surface area is 112 Å². The molecule has 17 heavy (non-hydrogen) atoms. The summed E-state index contributed by atoms with van der Waals surface area (Å²) in [6.07, 6.45) is 4.04. The summed E-state index contributed by atoms with van der Waals surface area (Å²) in [5.74, 6) is 0. The first-order valence-corrected chi connectivity index (χ1v) is 7.29. The molecule has 0 spiro atoms. The van der Waals surface area contributed by atoms with Crippen molar-refractivity contribution in [1.82, 2.24) is 5.32 Å². The number of nitrogens with zero attached hydrogens (tertiary/aromatic N) is 1. The van der Waals surface area contributed by atoms with Gasteiger partial charge in [-0.1, -0.05) is 22.0 Å². The molecule has 1 saturated heterocycles. The lowest BCUT2D eigenvalue weighted by Crippen LogP contribution is -2.34. The van der Waals surface area contributed by atoms with Gasteiger partial charge in [0.2, 0.25) is 0 Å². The van der Waals surface area contributed by atoms with Crippen LogP contribution in [0.5, 0.6) is 0 Å². The molecule has 1 heterocycles. The van der Waals surface area contributed by atoms with E-state index in [9.17, 15) is 0 Å². The lowest BCUT2D eigenvalue weighted by Gasteiger charge is -2.21. The number of anilines is 1. The van der Waals surface area contributed by atoms with Crippen molar-refractivity contribution >= 4 is 21.6 Å². The molecular weight excluding hydrogens is 276 g/mol. The third-order valence-electron chi connectivity index (χ3n) is 3.75. The molecule has 1 unspecified atom stereocenters. The van der Waals surface area contributed by atoms with Crippen LogP contribution in [0.2, 0.25) is 0 Å². The minimum Gasteiger partial charge on any atom is -0.370 e. The lowest BCUT2D eigenvalue weighted by molar-refractivity contribution is 0.548. The highest BCUT2D eigenvalue weighted by atomic mass is 79.9. The van der Waals surface area contributed by atoms with E-state index in [4.69, 9.17) is 0 Å². The van der Waals surface area contributed by atoms with Gasteiger partial charge in [-0.15, -0.1) is 0 Å². The standard InChI is InChI=1S/C14H19BrN2/c1-10-2-3-11(15)8-14(10)17-7-6-13(9-17)16-12-4-5-12/h2-3,8,12-13,16H,4-7,9H2,1H3. The fourth-order valence-corrected chi connectivity index (χ4v) is 2.97. The summed E-state index contributed by atoms with van der Waals surface area (Å²) in [4.78, 5) is 2.51. The van der Waals surface area contributed by atoms with Gasteiger partial charge in [-0.05, 0) is 43.9 Å². The van der Waals surface area contributed by atoms with E-state index in [2.05, 4.69) is 51.3 Å². The second kappa shape index (κ2) is 4.62. The van der Waals surface area contributed by atoms with E-state index >= 15 is 0 Å². The summed E-state index contributed by atoms with van der Waals surface area (Å²) >= 11 is 3.57. The fourth-order valence-electron chi connectivity index (χ4n) is 2.62. The van der Waals surface area contributed by atoms with Crippen LogP contribution in [0.4, 0.5) is 5.69 Å². The molecule has 1 aromatic carbocycles. The van der Waals surface area contributed by atoms with Gasteiger partial charge in [-0.3, -0.25) is 0 Å². The van der Waals surface area contributed by atoms with Crippen LogP contribution in [-0.2, 0) is 0 Å². The van der Waals surface area contributed by atoms with Crippen molar-refractivity contribution in [3.05, 3.63) is 28.2 Å². The maximum atomic E-state index is 3.73. The summed E-state index contributed by atoms with van der Waals surface area (Å²) in [7, 11) is 0. The van der Waals surface area contributed by atoms with Crippen molar-refractivity contribution in [1.29, 1.82) is 0 Å². The van der Waals surface area contributed by atoms with Crippen LogP contribution in [-0.4, -0.2) is 25.2 Å². The minimum absolute atomic E-state index is 0.695. The molecule has 0 aromatic heterocycles. The first kappa shape index (κ1) is 11.5. The molecule has 2 aliphatic rings. The molecule has 1 N–H and O–H groups in total. The Balaban J connectivity index is 1.69. The predicted octanol–water partition coefficient (Wildman–Crippen LogP) is 3.09. The van der Waals surface area contributed by atoms with Gasteiger partial charge >= 0.3 is 0 Å². The quantitative estimate of drug-likeness (QED) is 0.922. The molecule has 3 rings (SSSR count). The molecule has 0 bridgehead atoms. The maximum absolute atomic E-state index is 3.73. The van der Waals surface area contributed by atoms with Gasteiger partial charge in [0.25, 0.3) is 0 Å². The SMILES string of the molecule is Cc1ccc(Br)cc1N1CCC(NC2CC2)C1. The second-order valence-corrected chi connectivity index (χ2v) is 6.22. The van der Waals surface area contributed by atoms with Crippen molar-refractivity contribution in [2.24, 2.45) is 0 Å². The molecule has 1 aromatic rings. The average molecular weight is 295 g/mol. The summed E-state index contributed by atoms with van der Waals surface area (Å²) in [5, 5.41) is 3.73. The number of nitrogens with one attached hydrogen (secondary N) is 1. The monoisotopic (exact) mass is 294 g/mol. The fraction of sp³-hybridized carbons (Fsp3) is 0.571. The summed E-state index contributed by atoms with van der Waals surface area (Å²) in [6, 6.07) is 8.08. The zero-order chi connectivity index (χ0) is 11.8. The Bertz CT molecular complexity index is 415. The molecule has 2 nitrogen and oxygen atoms in total. The molecule has 1 aliphatic carbocycles. The minimum atomic E-state index is 0.695. The Morgan fingerprint density at radius 3 is 2.82 bits per heavy atom. The van der Waals surface area contributed by atoms with Gasteiger partial charge in [-0.25, -0.2) is 0 Å². The first-order valence-electron chi connectivity index (χ1n) is 6.49. The number of aryl methyl sites for hydroxylation is 1. The van der Waals surface area contributed by atoms with Gasteiger partial charge in [-0.2, -0.15) is 0 Å². The first-order chi connectivity index (χ1) is 8.22. The van der Waals surface area contributed by atoms with Crippen molar-refractivity contribution in [2.75, 3.05) is 18.0 Å². The molecule has 0 amide bonds. The van der Waals surface area contributed by atoms with Crippen molar-refractivity contribution in [3.63, 3.8) is 0 Å². The molecule has 1 saturated carbocycles. The van der Waals surface area contributed by atoms with Crippen LogP contribution in [0.3, 0.4) is 0 Å². The van der Waals surface area contributed by atoms with Gasteiger partial charge < -0.3 is 10.2 Å². The average Bonchev–Trinajstić information content (AvgIpc) is 2.99. The summed E-state index contributed by atoms with van der Waals surface area (Å²) in [6.45, 7) is 4.54. The Morgan fingerprint density at radius 2 is 2.06 bits per heavy atom. The van der Waals surface area contributed by atoms with E-state index in [1.54, 1.807) is 0 Å². The van der Waals surface area contributed by atoms with E-state index < -0.39 is 0 Å². The maximum Gasteiger partial charge on any atom is 0.0407 e. The lowest BCUT2D eigenvalue weighted by atomic mass is 10.2. The van der Waals surface area contributed by atoms with E-state index in [1.807, 2.05) is 0 Å². The smallest absolute Gasteiger partial charge is 0.0407 e. The van der Waals surface area contributed by atoms with Crippen LogP contribution in [0.25, 0.3) is 0 Å². The van der Waals surface area contributed by atoms with E-state index in [-0.39, 0.29) is 0 Å². The van der Waals surface area contributed by atoms with E-state index in [0.29, 0.717) is 6.04 Å². The molecular formula is C14H19BrN2. The zero-order valence-corrected chi connectivity index (χ0v) is 11.8. The van der Waals surface area contributed by atoms with Gasteiger partial charge in [0.1, 0.15) is 0 Å². The number of halogens is 1. The normalized spacial score (nSPS) is 24.4. The van der Waals surface area contributed by atoms with Crippen LogP contribution in [0.15, 0.2) is 22.7 Å². The van der Waals surface area contributed by atoms with E-state index in [0.717, 1.165) is 12.6 Å². The molecule has 92 valence electrons. The highest BCUT2D eigenvalue weighted by Gasteiger charge is 2.29. The van der Waals surface area contributed by atoms with Gasteiger partial charge in [0.05, 0.1) is 0 Å². The Morgan fingerprint density at radius 1 is 1.24 bits per heavy atom. The van der Waals surface area contributed by atoms with Gasteiger partial charge in [0.15, 0.2) is 0 Å². The predicted molar refractivity (Wildman–Crippen MR) is 75.7 cm³/mol. The summed E-state index contributed by atoms with van der Waals surface area (Å²) in [5.41, 5.74) is 2.76. The zero-order valence-electron chi connectivity index (χ0n) is 10.2. The molecule has 3 heteroatoms. The van der Waals surface area contributed by atoms with Gasteiger partial charge in [0, 0.05) is 35.3 Å². The largest absolute Gasteiger partial charge is 0.370 e. The van der Waals surface area contributed by atoms with Crippen molar-refractivity contribution in [2.45, 2.75) is 38.3 Å². The van der Waals surface area contributed by atoms with Crippen molar-refractivity contribution < 1.29 is 0 Å². The van der Waals surface area contributed by atoms with Crippen LogP contribution in [0.1, 0.15) is 24.8 Å². The van der Waals surface area contributed by atoms with Crippen LogP contribution in [0, 0.1) is 6.92 Å². The third kappa shape index (κ3) is 2.66. The highest BCUT2D eigenvalue weighted by Crippen LogP contribution is 2.29.